The zero-order valence-electron chi connectivity index (χ0n) is 17.3. The van der Waals surface area contributed by atoms with Crippen molar-refractivity contribution in [1.29, 1.82) is 0 Å². The van der Waals surface area contributed by atoms with Crippen molar-refractivity contribution in [2.24, 2.45) is 4.99 Å². The number of hydrogen-bond acceptors (Lipinski definition) is 3. The smallest absolute Gasteiger partial charge is 0.416 e. The third-order valence-electron chi connectivity index (χ3n) is 4.35. The van der Waals surface area contributed by atoms with Gasteiger partial charge < -0.3 is 20.0 Å². The highest BCUT2D eigenvalue weighted by molar-refractivity contribution is 5.92. The molecule has 164 valence electrons. The van der Waals surface area contributed by atoms with E-state index in [0.717, 1.165) is 23.3 Å². The van der Waals surface area contributed by atoms with Gasteiger partial charge in [0, 0.05) is 38.8 Å². The molecule has 1 aromatic heterocycles. The van der Waals surface area contributed by atoms with Crippen LogP contribution < -0.4 is 10.6 Å². The molecule has 2 rings (SSSR count). The third kappa shape index (κ3) is 6.82. The first-order chi connectivity index (χ1) is 14.2. The van der Waals surface area contributed by atoms with Crippen LogP contribution in [-0.4, -0.2) is 43.4 Å². The van der Waals surface area contributed by atoms with Crippen LogP contribution in [0.5, 0.6) is 0 Å². The summed E-state index contributed by atoms with van der Waals surface area (Å²) in [5.41, 5.74) is 0.864. The van der Waals surface area contributed by atoms with Gasteiger partial charge in [-0.3, -0.25) is 9.79 Å². The average Bonchev–Trinajstić information content (AvgIpc) is 3.12. The van der Waals surface area contributed by atoms with Crippen molar-refractivity contribution in [2.45, 2.75) is 33.0 Å². The average molecular weight is 424 g/mol. The van der Waals surface area contributed by atoms with E-state index in [2.05, 4.69) is 15.6 Å². The second-order valence-electron chi connectivity index (χ2n) is 6.83. The molecule has 0 saturated carbocycles. The molecule has 0 radical (unpaired) electrons. The summed E-state index contributed by atoms with van der Waals surface area (Å²) >= 11 is 0. The fourth-order valence-corrected chi connectivity index (χ4v) is 2.77. The zero-order chi connectivity index (χ0) is 22.1. The second-order valence-corrected chi connectivity index (χ2v) is 6.83. The first-order valence-electron chi connectivity index (χ1n) is 9.70. The van der Waals surface area contributed by atoms with Gasteiger partial charge in [0.2, 0.25) is 0 Å². The lowest BCUT2D eigenvalue weighted by Gasteiger charge is -2.22. The molecule has 6 nitrogen and oxygen atoms in total. The number of carbonyl (C=O) groups excluding carboxylic acids is 1. The molecule has 0 atom stereocenters. The molecule has 2 N–H and O–H groups in total. The summed E-state index contributed by atoms with van der Waals surface area (Å²) in [6.45, 7) is 5.75. The number of halogens is 3. The highest BCUT2D eigenvalue weighted by atomic mass is 19.4. The van der Waals surface area contributed by atoms with Gasteiger partial charge in [-0.15, -0.1) is 0 Å². The number of rotatable bonds is 8. The van der Waals surface area contributed by atoms with Gasteiger partial charge in [0.15, 0.2) is 11.7 Å². The van der Waals surface area contributed by atoms with Crippen LogP contribution >= 0.6 is 0 Å². The fraction of sp³-hybridized carbons (Fsp3) is 0.429. The Morgan fingerprint density at radius 3 is 2.43 bits per heavy atom. The number of nitrogens with zero attached hydrogens (tertiary/aromatic N) is 2. The van der Waals surface area contributed by atoms with Crippen LogP contribution in [0.4, 0.5) is 13.2 Å². The number of hydrogen-bond donors (Lipinski definition) is 2. The number of amides is 1. The van der Waals surface area contributed by atoms with Crippen molar-refractivity contribution >= 4 is 11.9 Å². The summed E-state index contributed by atoms with van der Waals surface area (Å²) < 4.78 is 43.2. The normalized spacial score (nSPS) is 12.0. The molecule has 0 fully saturated rings. The fourth-order valence-electron chi connectivity index (χ4n) is 2.77. The maximum atomic E-state index is 12.7. The first-order valence-corrected chi connectivity index (χ1v) is 9.70. The Hall–Kier alpha value is -2.97. The van der Waals surface area contributed by atoms with E-state index in [1.807, 2.05) is 18.9 Å². The van der Waals surface area contributed by atoms with Gasteiger partial charge in [0.25, 0.3) is 5.91 Å². The van der Waals surface area contributed by atoms with Crippen molar-refractivity contribution in [3.05, 3.63) is 59.0 Å². The highest BCUT2D eigenvalue weighted by Gasteiger charge is 2.29. The number of nitrogens with one attached hydrogen (secondary N) is 2. The van der Waals surface area contributed by atoms with Crippen molar-refractivity contribution < 1.29 is 22.4 Å². The number of guanidine groups is 1. The number of furan rings is 1. The van der Waals surface area contributed by atoms with Crippen molar-refractivity contribution in [2.75, 3.05) is 26.7 Å². The summed E-state index contributed by atoms with van der Waals surface area (Å²) in [5, 5.41) is 5.95. The van der Waals surface area contributed by atoms with Gasteiger partial charge in [-0.2, -0.15) is 13.2 Å². The minimum atomic E-state index is -4.34. The predicted molar refractivity (Wildman–Crippen MR) is 109 cm³/mol. The maximum absolute atomic E-state index is 12.7. The summed E-state index contributed by atoms with van der Waals surface area (Å²) in [6, 6.07) is 6.83. The largest absolute Gasteiger partial charge is 0.459 e. The molecule has 0 unspecified atom stereocenters. The predicted octanol–water partition coefficient (Wildman–Crippen LogP) is 3.82. The van der Waals surface area contributed by atoms with Gasteiger partial charge in [-0.05, 0) is 44.0 Å². The molecule has 0 saturated heterocycles. The Kier molecular flexibility index (Phi) is 8.32. The summed E-state index contributed by atoms with van der Waals surface area (Å²) in [6.07, 6.45) is -2.23. The maximum Gasteiger partial charge on any atom is 0.416 e. The lowest BCUT2D eigenvalue weighted by molar-refractivity contribution is -0.137. The first kappa shape index (κ1) is 23.3. The Balaban J connectivity index is 1.85. The minimum Gasteiger partial charge on any atom is -0.459 e. The molecule has 0 aliphatic carbocycles. The van der Waals surface area contributed by atoms with Crippen LogP contribution in [0.3, 0.4) is 0 Å². The number of carbonyl (C=O) groups is 1. The molecule has 9 heteroatoms. The highest BCUT2D eigenvalue weighted by Crippen LogP contribution is 2.29. The van der Waals surface area contributed by atoms with Crippen molar-refractivity contribution in [3.63, 3.8) is 0 Å². The lowest BCUT2D eigenvalue weighted by Crippen LogP contribution is -2.38. The zero-order valence-corrected chi connectivity index (χ0v) is 17.3. The van der Waals surface area contributed by atoms with Gasteiger partial charge in [-0.25, -0.2) is 0 Å². The molecule has 30 heavy (non-hydrogen) atoms. The number of alkyl halides is 3. The van der Waals surface area contributed by atoms with E-state index in [9.17, 15) is 18.0 Å². The Morgan fingerprint density at radius 2 is 1.87 bits per heavy atom. The Labute approximate surface area is 174 Å². The van der Waals surface area contributed by atoms with Crippen LogP contribution in [0.1, 0.15) is 40.6 Å². The summed E-state index contributed by atoms with van der Waals surface area (Å²) in [7, 11) is 1.82. The van der Waals surface area contributed by atoms with Gasteiger partial charge in [-0.1, -0.05) is 12.1 Å². The molecule has 2 aromatic rings. The number of aliphatic imine (C=N–C) groups is 1. The van der Waals surface area contributed by atoms with Crippen LogP contribution in [-0.2, 0) is 12.7 Å². The molecular weight excluding hydrogens is 397 g/mol. The van der Waals surface area contributed by atoms with Gasteiger partial charge in [0.1, 0.15) is 0 Å². The van der Waals surface area contributed by atoms with Crippen molar-refractivity contribution in [1.82, 2.24) is 15.5 Å². The van der Waals surface area contributed by atoms with Crippen LogP contribution in [0, 0.1) is 6.92 Å². The molecule has 0 aliphatic heterocycles. The van der Waals surface area contributed by atoms with E-state index in [0.29, 0.717) is 44.3 Å². The standard InChI is InChI=1S/C21H27F3N4O2/c1-4-25-20(27-12-5-11-26-19(29)18-15(2)10-13-30-18)28(3)14-16-6-8-17(9-7-16)21(22,23)24/h6-10,13H,4-5,11-12,14H2,1-3H3,(H,25,27)(H,26,29). The summed E-state index contributed by atoms with van der Waals surface area (Å²) in [4.78, 5) is 18.4. The second kappa shape index (κ2) is 10.7. The van der Waals surface area contributed by atoms with Gasteiger partial charge in [0.05, 0.1) is 11.8 Å². The summed E-state index contributed by atoms with van der Waals surface area (Å²) in [5.74, 6) is 0.696. The Bertz CT molecular complexity index is 845. The lowest BCUT2D eigenvalue weighted by atomic mass is 10.1. The molecular formula is C21H27F3N4O2. The van der Waals surface area contributed by atoms with E-state index in [-0.39, 0.29) is 5.91 Å². The molecule has 1 heterocycles. The van der Waals surface area contributed by atoms with Crippen LogP contribution in [0.25, 0.3) is 0 Å². The van der Waals surface area contributed by atoms with Crippen molar-refractivity contribution in [3.8, 4) is 0 Å². The van der Waals surface area contributed by atoms with Crippen LogP contribution in [0.2, 0.25) is 0 Å². The molecule has 0 bridgehead atoms. The molecule has 1 aromatic carbocycles. The molecule has 0 aliphatic rings. The quantitative estimate of drug-likeness (QED) is 0.384. The topological polar surface area (TPSA) is 69.9 Å². The SMILES string of the molecule is CCNC(=NCCCNC(=O)c1occc1C)N(C)Cc1ccc(C(F)(F)F)cc1. The van der Waals surface area contributed by atoms with E-state index in [1.165, 1.54) is 18.4 Å². The minimum absolute atomic E-state index is 0.257. The van der Waals surface area contributed by atoms with E-state index < -0.39 is 11.7 Å². The molecule has 1 amide bonds. The monoisotopic (exact) mass is 424 g/mol. The number of benzene rings is 1. The van der Waals surface area contributed by atoms with E-state index >= 15 is 0 Å². The van der Waals surface area contributed by atoms with Crippen LogP contribution in [0.15, 0.2) is 46.0 Å². The number of aryl methyl sites for hydroxylation is 1. The van der Waals surface area contributed by atoms with E-state index in [4.69, 9.17) is 4.42 Å². The van der Waals surface area contributed by atoms with E-state index in [1.54, 1.807) is 13.0 Å². The molecule has 0 spiro atoms. The third-order valence-corrected chi connectivity index (χ3v) is 4.35. The Morgan fingerprint density at radius 1 is 1.17 bits per heavy atom. The van der Waals surface area contributed by atoms with Gasteiger partial charge >= 0.3 is 6.18 Å².